The Morgan fingerprint density at radius 1 is 1.60 bits per heavy atom. The van der Waals surface area contributed by atoms with E-state index in [1.807, 2.05) is 25.1 Å². The summed E-state index contributed by atoms with van der Waals surface area (Å²) in [4.78, 5) is 0. The molecular weight excluding hydrogens is 126 g/mol. The summed E-state index contributed by atoms with van der Waals surface area (Å²) in [5, 5.41) is 4.84. The molecule has 0 aliphatic carbocycles. The van der Waals surface area contributed by atoms with E-state index in [0.717, 1.165) is 16.7 Å². The van der Waals surface area contributed by atoms with Gasteiger partial charge < -0.3 is 4.52 Å². The Labute approximate surface area is 58.4 Å². The summed E-state index contributed by atoms with van der Waals surface area (Å²) >= 11 is 0. The highest BCUT2D eigenvalue weighted by Crippen LogP contribution is 2.15. The van der Waals surface area contributed by atoms with Crippen molar-refractivity contribution in [2.75, 3.05) is 0 Å². The van der Waals surface area contributed by atoms with Gasteiger partial charge in [-0.05, 0) is 25.1 Å². The summed E-state index contributed by atoms with van der Waals surface area (Å²) in [5.41, 5.74) is 1.75. The molecule has 0 atom stereocenters. The molecule has 0 N–H and O–H groups in total. The zero-order chi connectivity index (χ0) is 6.97. The van der Waals surface area contributed by atoms with Crippen molar-refractivity contribution < 1.29 is 4.52 Å². The van der Waals surface area contributed by atoms with E-state index in [2.05, 4.69) is 11.2 Å². The summed E-state index contributed by atoms with van der Waals surface area (Å²) in [6.07, 6.45) is 0. The van der Waals surface area contributed by atoms with Gasteiger partial charge in [-0.3, -0.25) is 0 Å². The van der Waals surface area contributed by atoms with Crippen LogP contribution in [0.15, 0.2) is 22.7 Å². The van der Waals surface area contributed by atoms with Crippen LogP contribution in [0.25, 0.3) is 11.0 Å². The topological polar surface area (TPSA) is 26.0 Å². The molecule has 0 saturated heterocycles. The quantitative estimate of drug-likeness (QED) is 0.547. The van der Waals surface area contributed by atoms with E-state index in [-0.39, 0.29) is 0 Å². The van der Waals surface area contributed by atoms with E-state index >= 15 is 0 Å². The van der Waals surface area contributed by atoms with Gasteiger partial charge in [0.25, 0.3) is 0 Å². The number of rotatable bonds is 0. The molecule has 0 aliphatic rings. The predicted molar refractivity (Wildman–Crippen MR) is 37.6 cm³/mol. The Kier molecular flexibility index (Phi) is 1.01. The summed E-state index contributed by atoms with van der Waals surface area (Å²) in [6.45, 7) is 1.92. The van der Waals surface area contributed by atoms with Crippen molar-refractivity contribution in [3.8, 4) is 0 Å². The number of hydrogen-bond acceptors (Lipinski definition) is 2. The van der Waals surface area contributed by atoms with Gasteiger partial charge in [-0.1, -0.05) is 11.2 Å². The first-order chi connectivity index (χ1) is 4.88. The maximum atomic E-state index is 4.98. The highest BCUT2D eigenvalue weighted by molar-refractivity contribution is 5.78. The molecule has 0 saturated carbocycles. The number of hydrogen-bond donors (Lipinski definition) is 0. The second kappa shape index (κ2) is 1.84. The maximum absolute atomic E-state index is 4.98. The smallest absolute Gasteiger partial charge is 0.167 e. The summed E-state index contributed by atoms with van der Waals surface area (Å²) in [6, 6.07) is 8.51. The SMILES string of the molecule is Cc1noc2cc[c]cc12. The third kappa shape index (κ3) is 0.620. The molecule has 0 aliphatic heterocycles. The van der Waals surface area contributed by atoms with E-state index < -0.39 is 0 Å². The Balaban J connectivity index is 2.93. The van der Waals surface area contributed by atoms with E-state index in [0.29, 0.717) is 0 Å². The van der Waals surface area contributed by atoms with Crippen molar-refractivity contribution in [1.29, 1.82) is 0 Å². The number of aromatic nitrogens is 1. The third-order valence-corrected chi connectivity index (χ3v) is 1.49. The van der Waals surface area contributed by atoms with Gasteiger partial charge in [0.2, 0.25) is 0 Å². The molecular formula is C8H6NO. The molecule has 2 rings (SSSR count). The lowest BCUT2D eigenvalue weighted by Crippen LogP contribution is -1.67. The first-order valence-corrected chi connectivity index (χ1v) is 3.10. The van der Waals surface area contributed by atoms with Gasteiger partial charge in [-0.15, -0.1) is 0 Å². The Hall–Kier alpha value is -1.31. The lowest BCUT2D eigenvalue weighted by atomic mass is 10.2. The first kappa shape index (κ1) is 5.47. The molecule has 0 fully saturated rings. The fourth-order valence-corrected chi connectivity index (χ4v) is 0.945. The lowest BCUT2D eigenvalue weighted by Gasteiger charge is -1.81. The van der Waals surface area contributed by atoms with Crippen LogP contribution in [0.1, 0.15) is 5.69 Å². The van der Waals surface area contributed by atoms with E-state index in [1.54, 1.807) is 0 Å². The molecule has 2 heteroatoms. The zero-order valence-electron chi connectivity index (χ0n) is 5.59. The highest BCUT2D eigenvalue weighted by Gasteiger charge is 1.99. The van der Waals surface area contributed by atoms with E-state index in [4.69, 9.17) is 4.52 Å². The van der Waals surface area contributed by atoms with Crippen LogP contribution in [0.4, 0.5) is 0 Å². The van der Waals surface area contributed by atoms with Crippen molar-refractivity contribution >= 4 is 11.0 Å². The van der Waals surface area contributed by atoms with Crippen molar-refractivity contribution in [1.82, 2.24) is 5.16 Å². The molecule has 2 aromatic rings. The molecule has 1 radical (unpaired) electrons. The van der Waals surface area contributed by atoms with Crippen molar-refractivity contribution in [3.63, 3.8) is 0 Å². The van der Waals surface area contributed by atoms with E-state index in [1.165, 1.54) is 0 Å². The van der Waals surface area contributed by atoms with Crippen LogP contribution in [-0.4, -0.2) is 5.16 Å². The summed E-state index contributed by atoms with van der Waals surface area (Å²) < 4.78 is 4.98. The van der Waals surface area contributed by atoms with Crippen molar-refractivity contribution in [2.45, 2.75) is 6.92 Å². The van der Waals surface area contributed by atoms with Crippen LogP contribution in [-0.2, 0) is 0 Å². The van der Waals surface area contributed by atoms with Crippen molar-refractivity contribution in [3.05, 3.63) is 30.0 Å². The fourth-order valence-electron chi connectivity index (χ4n) is 0.945. The lowest BCUT2D eigenvalue weighted by molar-refractivity contribution is 0.450. The van der Waals surface area contributed by atoms with Gasteiger partial charge in [0.05, 0.1) is 5.69 Å². The van der Waals surface area contributed by atoms with Gasteiger partial charge in [-0.25, -0.2) is 0 Å². The van der Waals surface area contributed by atoms with Gasteiger partial charge in [0.15, 0.2) is 5.58 Å². The summed E-state index contributed by atoms with van der Waals surface area (Å²) in [7, 11) is 0. The molecule has 2 nitrogen and oxygen atoms in total. The molecule has 1 aromatic heterocycles. The monoisotopic (exact) mass is 132 g/mol. The Bertz CT molecular complexity index is 351. The molecule has 1 aromatic carbocycles. The average molecular weight is 132 g/mol. The number of nitrogens with zero attached hydrogens (tertiary/aromatic N) is 1. The van der Waals surface area contributed by atoms with Crippen LogP contribution >= 0.6 is 0 Å². The van der Waals surface area contributed by atoms with Crippen LogP contribution in [0.3, 0.4) is 0 Å². The second-order valence-electron chi connectivity index (χ2n) is 2.19. The normalized spacial score (nSPS) is 10.5. The zero-order valence-corrected chi connectivity index (χ0v) is 5.59. The first-order valence-electron chi connectivity index (χ1n) is 3.10. The fraction of sp³-hybridized carbons (Fsp3) is 0.125. The largest absolute Gasteiger partial charge is 0.356 e. The predicted octanol–water partition coefficient (Wildman–Crippen LogP) is 1.94. The average Bonchev–Trinajstić information content (AvgIpc) is 2.34. The highest BCUT2D eigenvalue weighted by atomic mass is 16.5. The van der Waals surface area contributed by atoms with Crippen LogP contribution in [0.5, 0.6) is 0 Å². The third-order valence-electron chi connectivity index (χ3n) is 1.49. The molecule has 1 heterocycles. The van der Waals surface area contributed by atoms with Gasteiger partial charge in [-0.2, -0.15) is 0 Å². The minimum atomic E-state index is 0.830. The van der Waals surface area contributed by atoms with Gasteiger partial charge in [0.1, 0.15) is 0 Å². The Morgan fingerprint density at radius 3 is 3.30 bits per heavy atom. The molecule has 0 spiro atoms. The summed E-state index contributed by atoms with van der Waals surface area (Å²) in [5.74, 6) is 0. The van der Waals surface area contributed by atoms with Gasteiger partial charge in [0, 0.05) is 5.39 Å². The van der Waals surface area contributed by atoms with Gasteiger partial charge >= 0.3 is 0 Å². The standard InChI is InChI=1S/C8H6NO/c1-6-7-4-2-3-5-8(7)10-9-6/h3-5H,1H3. The number of fused-ring (bicyclic) bond motifs is 1. The Morgan fingerprint density at radius 2 is 2.50 bits per heavy atom. The number of aryl methyl sites for hydroxylation is 1. The molecule has 0 bridgehead atoms. The maximum Gasteiger partial charge on any atom is 0.167 e. The van der Waals surface area contributed by atoms with Crippen LogP contribution in [0.2, 0.25) is 0 Å². The van der Waals surface area contributed by atoms with E-state index in [9.17, 15) is 0 Å². The number of benzene rings is 1. The second-order valence-corrected chi connectivity index (χ2v) is 2.19. The van der Waals surface area contributed by atoms with Crippen molar-refractivity contribution in [2.24, 2.45) is 0 Å². The minimum Gasteiger partial charge on any atom is -0.356 e. The minimum absolute atomic E-state index is 0.830. The molecule has 0 unspecified atom stereocenters. The molecule has 10 heavy (non-hydrogen) atoms. The molecule has 49 valence electrons. The van der Waals surface area contributed by atoms with Crippen LogP contribution in [0, 0.1) is 13.0 Å². The molecule has 0 amide bonds. The van der Waals surface area contributed by atoms with Crippen LogP contribution < -0.4 is 0 Å².